The van der Waals surface area contributed by atoms with Crippen LogP contribution < -0.4 is 9.47 Å². The Morgan fingerprint density at radius 3 is 2.48 bits per heavy atom. The van der Waals surface area contributed by atoms with Gasteiger partial charge in [-0.05, 0) is 48.2 Å². The molecule has 0 aliphatic heterocycles. The summed E-state index contributed by atoms with van der Waals surface area (Å²) in [6.07, 6.45) is 5.92. The minimum absolute atomic E-state index is 0.00563. The molecule has 1 aromatic heterocycles. The Labute approximate surface area is 192 Å². The number of aryl methyl sites for hydroxylation is 2. The minimum Gasteiger partial charge on any atom is -0.481 e. The number of pyridine rings is 1. The van der Waals surface area contributed by atoms with E-state index in [9.17, 15) is 14.0 Å². The van der Waals surface area contributed by atoms with Crippen LogP contribution >= 0.6 is 0 Å². The third-order valence-corrected chi connectivity index (χ3v) is 4.89. The van der Waals surface area contributed by atoms with Gasteiger partial charge in [0.05, 0.1) is 18.9 Å². The lowest BCUT2D eigenvalue weighted by Gasteiger charge is -2.11. The molecule has 0 bridgehead atoms. The summed E-state index contributed by atoms with van der Waals surface area (Å²) < 4.78 is 24.7. The van der Waals surface area contributed by atoms with Gasteiger partial charge in [-0.1, -0.05) is 43.5 Å². The average Bonchev–Trinajstić information content (AvgIpc) is 3.68. The number of aromatic nitrogens is 1. The summed E-state index contributed by atoms with van der Waals surface area (Å²) in [7, 11) is 1.45. The molecule has 2 aromatic carbocycles. The molecule has 1 aliphatic rings. The van der Waals surface area contributed by atoms with Gasteiger partial charge in [-0.15, -0.1) is 0 Å². The van der Waals surface area contributed by atoms with Crippen molar-refractivity contribution >= 4 is 11.9 Å². The summed E-state index contributed by atoms with van der Waals surface area (Å²) >= 11 is 0. The Bertz CT molecular complexity index is 1140. The molecule has 0 spiro atoms. The minimum atomic E-state index is -0.892. The van der Waals surface area contributed by atoms with Gasteiger partial charge in [0.15, 0.2) is 0 Å². The van der Waals surface area contributed by atoms with Crippen molar-refractivity contribution in [2.24, 2.45) is 0 Å². The zero-order chi connectivity index (χ0) is 23.8. The number of nitrogens with zero attached hydrogens (tertiary/aromatic N) is 1. The number of carbonyl (C=O) groups is 2. The molecule has 3 aromatic rings. The van der Waals surface area contributed by atoms with E-state index in [2.05, 4.69) is 4.98 Å². The summed E-state index contributed by atoms with van der Waals surface area (Å²) in [6.45, 7) is 1.74. The maximum atomic E-state index is 14.2. The number of benzene rings is 2. The lowest BCUT2D eigenvalue weighted by atomic mass is 10.00. The number of methoxy groups -OCH3 is 1. The topological polar surface area (TPSA) is 85.7 Å². The van der Waals surface area contributed by atoms with Crippen molar-refractivity contribution in [2.45, 2.75) is 39.0 Å². The highest BCUT2D eigenvalue weighted by Gasteiger charge is 2.15. The first-order valence-corrected chi connectivity index (χ1v) is 10.7. The van der Waals surface area contributed by atoms with Crippen molar-refractivity contribution in [1.29, 1.82) is 0 Å². The number of hydrogen-bond donors (Lipinski definition) is 1. The van der Waals surface area contributed by atoms with E-state index in [4.69, 9.17) is 14.6 Å². The van der Waals surface area contributed by atoms with Crippen molar-refractivity contribution in [3.05, 3.63) is 77.2 Å². The van der Waals surface area contributed by atoms with Gasteiger partial charge in [-0.25, -0.2) is 14.2 Å². The highest BCUT2D eigenvalue weighted by Crippen LogP contribution is 2.28. The number of carboxylic acids is 1. The van der Waals surface area contributed by atoms with Crippen LogP contribution in [0.1, 0.15) is 47.2 Å². The van der Waals surface area contributed by atoms with Crippen LogP contribution in [-0.4, -0.2) is 29.1 Å². The molecule has 0 unspecified atom stereocenters. The van der Waals surface area contributed by atoms with Gasteiger partial charge in [0, 0.05) is 18.1 Å². The Kier molecular flexibility index (Phi) is 8.13. The largest absolute Gasteiger partial charge is 0.481 e. The van der Waals surface area contributed by atoms with Gasteiger partial charge in [0.25, 0.3) is 0 Å². The van der Waals surface area contributed by atoms with Crippen LogP contribution in [0, 0.1) is 12.7 Å². The molecule has 0 atom stereocenters. The van der Waals surface area contributed by atoms with E-state index < -0.39 is 17.8 Å². The molecule has 0 radical (unpaired) electrons. The standard InChI is InChI=1S/C23H20FNO5.C3H6/c1-14-10-16(19-12-21(29-2)25-13-20(19)24)7-8-18(14)23(28)30-17-5-3-4-15(11-17)6-9-22(26)27;1-2-3-1/h3-5,7-8,10-13H,6,9H2,1-2H3,(H,26,27);1-3H2. The van der Waals surface area contributed by atoms with E-state index >= 15 is 0 Å². The van der Waals surface area contributed by atoms with Crippen molar-refractivity contribution in [3.8, 4) is 22.8 Å². The van der Waals surface area contributed by atoms with Gasteiger partial charge in [0.1, 0.15) is 11.6 Å². The van der Waals surface area contributed by atoms with E-state index in [1.807, 2.05) is 0 Å². The van der Waals surface area contributed by atoms with Crippen LogP contribution in [0.25, 0.3) is 11.1 Å². The molecule has 172 valence electrons. The first-order chi connectivity index (χ1) is 15.9. The number of halogens is 1. The van der Waals surface area contributed by atoms with E-state index in [1.165, 1.54) is 32.4 Å². The molecule has 1 N–H and O–H groups in total. The molecule has 1 heterocycles. The zero-order valence-electron chi connectivity index (χ0n) is 18.6. The number of carboxylic acid groups (broad SMARTS) is 1. The SMILES string of the molecule is C1CC1.COc1cc(-c2ccc(C(=O)Oc3cccc(CCC(=O)O)c3)c(C)c2)c(F)cn1. The monoisotopic (exact) mass is 451 g/mol. The first kappa shape index (κ1) is 23.9. The maximum Gasteiger partial charge on any atom is 0.343 e. The summed E-state index contributed by atoms with van der Waals surface area (Å²) in [4.78, 5) is 27.2. The van der Waals surface area contributed by atoms with E-state index in [0.717, 1.165) is 11.8 Å². The normalized spacial score (nSPS) is 11.7. The maximum absolute atomic E-state index is 14.2. The molecule has 0 saturated heterocycles. The molecule has 4 rings (SSSR count). The van der Waals surface area contributed by atoms with Crippen LogP contribution in [0.4, 0.5) is 4.39 Å². The van der Waals surface area contributed by atoms with E-state index in [1.54, 1.807) is 49.4 Å². The predicted octanol–water partition coefficient (Wildman–Crippen LogP) is 5.61. The van der Waals surface area contributed by atoms with Crippen molar-refractivity contribution < 1.29 is 28.6 Å². The fraction of sp³-hybridized carbons (Fsp3) is 0.269. The number of ether oxygens (including phenoxy) is 2. The fourth-order valence-corrected chi connectivity index (χ4v) is 2.99. The number of aliphatic carboxylic acids is 1. The second-order valence-electron chi connectivity index (χ2n) is 7.73. The van der Waals surface area contributed by atoms with Crippen LogP contribution in [-0.2, 0) is 11.2 Å². The van der Waals surface area contributed by atoms with E-state index in [0.29, 0.717) is 34.4 Å². The Morgan fingerprint density at radius 2 is 1.85 bits per heavy atom. The van der Waals surface area contributed by atoms with Crippen molar-refractivity contribution in [1.82, 2.24) is 4.98 Å². The number of rotatable bonds is 7. The van der Waals surface area contributed by atoms with Gasteiger partial charge in [0.2, 0.25) is 5.88 Å². The highest BCUT2D eigenvalue weighted by molar-refractivity contribution is 5.93. The molecule has 6 nitrogen and oxygen atoms in total. The lowest BCUT2D eigenvalue weighted by molar-refractivity contribution is -0.136. The second kappa shape index (κ2) is 11.2. The molecular weight excluding hydrogens is 425 g/mol. The summed E-state index contributed by atoms with van der Waals surface area (Å²) in [6, 6.07) is 13.1. The van der Waals surface area contributed by atoms with Crippen LogP contribution in [0.3, 0.4) is 0 Å². The zero-order valence-corrected chi connectivity index (χ0v) is 18.6. The molecular formula is C26H26FNO5. The summed E-state index contributed by atoms with van der Waals surface area (Å²) in [5.74, 6) is -1.33. The van der Waals surface area contributed by atoms with Gasteiger partial charge >= 0.3 is 11.9 Å². The number of hydrogen-bond acceptors (Lipinski definition) is 5. The van der Waals surface area contributed by atoms with Crippen LogP contribution in [0.15, 0.2) is 54.7 Å². The Morgan fingerprint density at radius 1 is 1.09 bits per heavy atom. The highest BCUT2D eigenvalue weighted by atomic mass is 19.1. The van der Waals surface area contributed by atoms with Gasteiger partial charge < -0.3 is 14.6 Å². The van der Waals surface area contributed by atoms with Crippen LogP contribution in [0.5, 0.6) is 11.6 Å². The van der Waals surface area contributed by atoms with Crippen molar-refractivity contribution in [2.75, 3.05) is 7.11 Å². The number of carbonyl (C=O) groups excluding carboxylic acids is 1. The molecule has 1 saturated carbocycles. The van der Waals surface area contributed by atoms with Gasteiger partial charge in [-0.3, -0.25) is 4.79 Å². The molecule has 1 aliphatic carbocycles. The van der Waals surface area contributed by atoms with Gasteiger partial charge in [-0.2, -0.15) is 0 Å². The second-order valence-corrected chi connectivity index (χ2v) is 7.73. The third-order valence-electron chi connectivity index (χ3n) is 4.89. The summed E-state index contributed by atoms with van der Waals surface area (Å²) in [5.41, 5.74) is 2.62. The predicted molar refractivity (Wildman–Crippen MR) is 122 cm³/mol. The van der Waals surface area contributed by atoms with Crippen molar-refractivity contribution in [3.63, 3.8) is 0 Å². The third kappa shape index (κ3) is 7.14. The smallest absolute Gasteiger partial charge is 0.343 e. The quantitative estimate of drug-likeness (QED) is 0.371. The first-order valence-electron chi connectivity index (χ1n) is 10.7. The Balaban J connectivity index is 0.000000942. The molecule has 7 heteroatoms. The Hall–Kier alpha value is -3.74. The fourth-order valence-electron chi connectivity index (χ4n) is 2.99. The van der Waals surface area contributed by atoms with E-state index in [-0.39, 0.29) is 12.3 Å². The van der Waals surface area contributed by atoms with Crippen LogP contribution in [0.2, 0.25) is 0 Å². The molecule has 1 fully saturated rings. The molecule has 33 heavy (non-hydrogen) atoms. The lowest BCUT2D eigenvalue weighted by Crippen LogP contribution is -2.10. The molecule has 0 amide bonds. The number of esters is 1. The summed E-state index contributed by atoms with van der Waals surface area (Å²) in [5, 5.41) is 8.80. The average molecular weight is 451 g/mol.